The molecule has 6 rings (SSSR count). The van der Waals surface area contributed by atoms with E-state index in [-0.39, 0.29) is 10.8 Å². The van der Waals surface area contributed by atoms with Gasteiger partial charge in [0.25, 0.3) is 0 Å². The van der Waals surface area contributed by atoms with Crippen LogP contribution in [0, 0.1) is 51.2 Å². The van der Waals surface area contributed by atoms with Gasteiger partial charge in [-0.1, -0.05) is 46.2 Å². The van der Waals surface area contributed by atoms with Crippen molar-refractivity contribution < 1.29 is 14.7 Å². The number of rotatable bonds is 7. The number of nitrogens with zero attached hydrogens (tertiary/aromatic N) is 1. The number of aromatic carboxylic acids is 1. The summed E-state index contributed by atoms with van der Waals surface area (Å²) in [4.78, 5) is 27.5. The summed E-state index contributed by atoms with van der Waals surface area (Å²) in [7, 11) is 4.21. The molecule has 1 aromatic rings. The minimum atomic E-state index is -0.845. The quantitative estimate of drug-likeness (QED) is 0.316. The van der Waals surface area contributed by atoms with Crippen LogP contribution in [0.15, 0.2) is 24.3 Å². The van der Waals surface area contributed by atoms with E-state index in [1.807, 2.05) is 0 Å². The summed E-state index contributed by atoms with van der Waals surface area (Å²) in [6.45, 7) is 12.2. The van der Waals surface area contributed by atoms with Gasteiger partial charge in [0.05, 0.1) is 11.0 Å². The molecule has 43 heavy (non-hydrogen) atoms. The fourth-order valence-corrected chi connectivity index (χ4v) is 12.8. The third kappa shape index (κ3) is 4.90. The predicted molar refractivity (Wildman–Crippen MR) is 173 cm³/mol. The van der Waals surface area contributed by atoms with E-state index in [1.165, 1.54) is 63.4 Å². The zero-order valence-corrected chi connectivity index (χ0v) is 27.9. The molecule has 5 fully saturated rings. The van der Waals surface area contributed by atoms with Crippen molar-refractivity contribution in [2.75, 3.05) is 27.2 Å². The van der Waals surface area contributed by atoms with Crippen LogP contribution in [-0.2, 0) is 4.79 Å². The van der Waals surface area contributed by atoms with Crippen LogP contribution in [0.1, 0.15) is 127 Å². The van der Waals surface area contributed by atoms with E-state index < -0.39 is 5.97 Å². The van der Waals surface area contributed by atoms with E-state index in [4.69, 9.17) is 0 Å². The van der Waals surface area contributed by atoms with Crippen LogP contribution < -0.4 is 5.32 Å². The lowest BCUT2D eigenvalue weighted by atomic mass is 9.35. The van der Waals surface area contributed by atoms with Gasteiger partial charge in [0.1, 0.15) is 0 Å². The molecule has 5 heteroatoms. The summed E-state index contributed by atoms with van der Waals surface area (Å²) in [5.74, 6) is 3.48. The molecule has 238 valence electrons. The Bertz CT molecular complexity index is 1210. The Balaban J connectivity index is 1.20. The zero-order valence-electron chi connectivity index (χ0n) is 27.9. The van der Waals surface area contributed by atoms with Crippen molar-refractivity contribution in [2.24, 2.45) is 51.2 Å². The smallest absolute Gasteiger partial charge is 0.335 e. The molecule has 0 aromatic heterocycles. The molecule has 1 aromatic carbocycles. The van der Waals surface area contributed by atoms with Crippen LogP contribution in [0.3, 0.4) is 0 Å². The lowest BCUT2D eigenvalue weighted by Gasteiger charge is -2.69. The van der Waals surface area contributed by atoms with Crippen LogP contribution in [0.5, 0.6) is 0 Å². The van der Waals surface area contributed by atoms with Crippen LogP contribution in [-0.4, -0.2) is 49.1 Å². The highest BCUT2D eigenvalue weighted by Gasteiger charge is 2.67. The molecule has 0 bridgehead atoms. The fraction of sp³-hybridized carbons (Fsp3) is 0.789. The van der Waals surface area contributed by atoms with Gasteiger partial charge in [-0.2, -0.15) is 0 Å². The highest BCUT2D eigenvalue weighted by atomic mass is 16.4. The van der Waals surface area contributed by atoms with Crippen molar-refractivity contribution in [3.8, 4) is 0 Å². The third-order valence-electron chi connectivity index (χ3n) is 14.6. The summed E-state index contributed by atoms with van der Waals surface area (Å²) in [5, 5.41) is 12.8. The fourth-order valence-electron chi connectivity index (χ4n) is 12.8. The average Bonchev–Trinajstić information content (AvgIpc) is 3.41. The number of fused-ring (bicyclic) bond motifs is 7. The van der Waals surface area contributed by atoms with E-state index in [0.717, 1.165) is 44.2 Å². The summed E-state index contributed by atoms with van der Waals surface area (Å²) < 4.78 is 0. The summed E-state index contributed by atoms with van der Waals surface area (Å²) in [6.07, 6.45) is 14.7. The molecule has 0 heterocycles. The van der Waals surface area contributed by atoms with Gasteiger partial charge in [-0.05, 0) is 161 Å². The van der Waals surface area contributed by atoms with Gasteiger partial charge in [-0.15, -0.1) is 0 Å². The van der Waals surface area contributed by atoms with E-state index in [0.29, 0.717) is 46.0 Å². The minimum absolute atomic E-state index is 0.111. The molecule has 2 N–H and O–H groups in total. The number of benzene rings is 1. The number of carboxylic acid groups (broad SMARTS) is 1. The molecule has 0 radical (unpaired) electrons. The Morgan fingerprint density at radius 3 is 2.26 bits per heavy atom. The number of amides is 1. The Kier molecular flexibility index (Phi) is 8.09. The largest absolute Gasteiger partial charge is 0.478 e. The monoisotopic (exact) mass is 590 g/mol. The average molecular weight is 591 g/mol. The highest BCUT2D eigenvalue weighted by Crippen LogP contribution is 2.74. The van der Waals surface area contributed by atoms with Gasteiger partial charge in [0.15, 0.2) is 0 Å². The van der Waals surface area contributed by atoms with Crippen LogP contribution in [0.2, 0.25) is 0 Å². The lowest BCUT2D eigenvalue weighted by Crippen LogP contribution is -2.62. The molecule has 5 saturated carbocycles. The molecule has 0 spiro atoms. The number of nitrogens with one attached hydrogen (secondary N) is 1. The van der Waals surface area contributed by atoms with Gasteiger partial charge in [0, 0.05) is 6.54 Å². The zero-order chi connectivity index (χ0) is 30.8. The number of hydrogen-bond acceptors (Lipinski definition) is 3. The van der Waals surface area contributed by atoms with E-state index >= 15 is 0 Å². The highest BCUT2D eigenvalue weighted by molar-refractivity contribution is 5.87. The van der Waals surface area contributed by atoms with E-state index in [2.05, 4.69) is 64.1 Å². The van der Waals surface area contributed by atoms with E-state index in [9.17, 15) is 14.7 Å². The second-order valence-electron chi connectivity index (χ2n) is 16.9. The number of carbonyl (C=O) groups excluding carboxylic acids is 1. The van der Waals surface area contributed by atoms with Crippen molar-refractivity contribution in [1.82, 2.24) is 10.2 Å². The molecule has 0 aliphatic heterocycles. The Hall–Kier alpha value is -1.88. The van der Waals surface area contributed by atoms with Gasteiger partial charge in [-0.25, -0.2) is 4.79 Å². The molecule has 9 atom stereocenters. The Morgan fingerprint density at radius 1 is 0.837 bits per heavy atom. The molecule has 5 aliphatic rings. The molecule has 3 unspecified atom stereocenters. The van der Waals surface area contributed by atoms with Gasteiger partial charge >= 0.3 is 5.97 Å². The first-order valence-corrected chi connectivity index (χ1v) is 17.6. The molecular formula is C38H58N2O3. The standard InChI is InChI=1S/C38H58N2O3/c1-35(2)28(25-10-12-26(13-11-25)33(41)42)16-20-37(4)31(35)18-21-36(3)29-17-22-38(34(43)39-23-8-24-40(5)6)19-7-9-30(38)27(29)14-15-32(36)37/h10-13,27-32H,7-9,14-24H2,1-6H3,(H,39,43)(H,41,42)/t27-,28-,29?,30+,31?,32?,36-,37-,38-/m0/s1. The maximum absolute atomic E-state index is 13.8. The van der Waals surface area contributed by atoms with Crippen molar-refractivity contribution in [3.63, 3.8) is 0 Å². The lowest BCUT2D eigenvalue weighted by molar-refractivity contribution is -0.200. The molecule has 5 aliphatic carbocycles. The number of hydrogen-bond donors (Lipinski definition) is 2. The van der Waals surface area contributed by atoms with E-state index in [1.54, 1.807) is 12.1 Å². The molecular weight excluding hydrogens is 532 g/mol. The first-order chi connectivity index (χ1) is 20.3. The van der Waals surface area contributed by atoms with Crippen molar-refractivity contribution in [2.45, 2.75) is 111 Å². The second kappa shape index (κ2) is 11.2. The molecule has 0 saturated heterocycles. The van der Waals surface area contributed by atoms with Crippen molar-refractivity contribution in [3.05, 3.63) is 35.4 Å². The summed E-state index contributed by atoms with van der Waals surface area (Å²) in [5.41, 5.74) is 2.48. The summed E-state index contributed by atoms with van der Waals surface area (Å²) >= 11 is 0. The number of carboxylic acids is 1. The maximum atomic E-state index is 13.8. The summed E-state index contributed by atoms with van der Waals surface area (Å²) in [6, 6.07) is 7.78. The van der Waals surface area contributed by atoms with Crippen molar-refractivity contribution >= 4 is 11.9 Å². The SMILES string of the molecule is CN(C)CCCNC(=O)[C@]12CCC[C@@H]1[C@H]1CCC3[C@@](C)(CCC4C(C)(C)[C@H](c5ccc(C(=O)O)cc5)CC[C@@]43C)C1CC2. The first kappa shape index (κ1) is 31.1. The number of carbonyl (C=O) groups is 2. The first-order valence-electron chi connectivity index (χ1n) is 17.6. The van der Waals surface area contributed by atoms with Gasteiger partial charge in [-0.3, -0.25) is 4.79 Å². The van der Waals surface area contributed by atoms with Gasteiger partial charge < -0.3 is 15.3 Å². The van der Waals surface area contributed by atoms with Gasteiger partial charge in [0.2, 0.25) is 5.91 Å². The topological polar surface area (TPSA) is 69.6 Å². The van der Waals surface area contributed by atoms with Crippen LogP contribution in [0.25, 0.3) is 0 Å². The predicted octanol–water partition coefficient (Wildman–Crippen LogP) is 8.00. The molecule has 5 nitrogen and oxygen atoms in total. The van der Waals surface area contributed by atoms with Crippen molar-refractivity contribution in [1.29, 1.82) is 0 Å². The minimum Gasteiger partial charge on any atom is -0.478 e. The van der Waals surface area contributed by atoms with Crippen LogP contribution >= 0.6 is 0 Å². The Morgan fingerprint density at radius 2 is 1.56 bits per heavy atom. The molecule has 1 amide bonds. The maximum Gasteiger partial charge on any atom is 0.335 e. The van der Waals surface area contributed by atoms with Crippen LogP contribution in [0.4, 0.5) is 0 Å². The second-order valence-corrected chi connectivity index (χ2v) is 16.9. The normalized spacial score (nSPS) is 41.5. The Labute approximate surface area is 261 Å². The third-order valence-corrected chi connectivity index (χ3v) is 14.6.